The van der Waals surface area contributed by atoms with E-state index in [-0.39, 0.29) is 5.41 Å². The van der Waals surface area contributed by atoms with E-state index >= 15 is 0 Å². The Morgan fingerprint density at radius 3 is 1.47 bits per heavy atom. The number of benzene rings is 5. The van der Waals surface area contributed by atoms with Gasteiger partial charge in [0.25, 0.3) is 0 Å². The summed E-state index contributed by atoms with van der Waals surface area (Å²) in [6.07, 6.45) is 6.54. The van der Waals surface area contributed by atoms with Gasteiger partial charge in [-0.05, 0) is 115 Å². The molecule has 0 spiro atoms. The van der Waals surface area contributed by atoms with E-state index in [0.29, 0.717) is 63.3 Å². The molecule has 9 rings (SSSR count). The SMILES string of the molecule is CCC(C)COc1ccc(C2(c3ccc4c(c3)C(CC(C)CC)(CC(C)CC)c3ccccc3-4)c3cc(B4OCCO4)ccc3-c3ccc(B4OCCO4)cc32)cc1OCC(C)CC. The highest BCUT2D eigenvalue weighted by Gasteiger charge is 2.51. The average molecular weight is 859 g/mol. The summed E-state index contributed by atoms with van der Waals surface area (Å²) in [7, 11) is -0.858. The van der Waals surface area contributed by atoms with Crippen molar-refractivity contribution in [2.24, 2.45) is 23.7 Å². The molecule has 334 valence electrons. The molecule has 2 aliphatic carbocycles. The lowest BCUT2D eigenvalue weighted by Crippen LogP contribution is -2.37. The molecule has 0 amide bonds. The Morgan fingerprint density at radius 1 is 0.469 bits per heavy atom. The smallest absolute Gasteiger partial charge is 0.489 e. The van der Waals surface area contributed by atoms with Crippen LogP contribution in [0.3, 0.4) is 0 Å². The first-order chi connectivity index (χ1) is 31.1. The summed E-state index contributed by atoms with van der Waals surface area (Å²) in [5, 5.41) is 0. The number of ether oxygens (including phenoxy) is 2. The normalized spacial score (nSPS) is 20.1. The zero-order chi connectivity index (χ0) is 44.6. The highest BCUT2D eigenvalue weighted by Crippen LogP contribution is 2.60. The second-order valence-electron chi connectivity index (χ2n) is 19.6. The van der Waals surface area contributed by atoms with E-state index in [4.69, 9.17) is 28.1 Å². The van der Waals surface area contributed by atoms with Crippen molar-refractivity contribution >= 4 is 25.2 Å². The Hall–Kier alpha value is -4.33. The van der Waals surface area contributed by atoms with Crippen molar-refractivity contribution in [1.82, 2.24) is 0 Å². The minimum Gasteiger partial charge on any atom is -0.489 e. The van der Waals surface area contributed by atoms with Gasteiger partial charge in [0.1, 0.15) is 0 Å². The molecule has 64 heavy (non-hydrogen) atoms. The van der Waals surface area contributed by atoms with Crippen LogP contribution in [0.5, 0.6) is 11.5 Å². The largest absolute Gasteiger partial charge is 0.494 e. The summed E-state index contributed by atoms with van der Waals surface area (Å²) in [4.78, 5) is 0. The molecule has 4 unspecified atom stereocenters. The Kier molecular flexibility index (Phi) is 13.2. The summed E-state index contributed by atoms with van der Waals surface area (Å²) in [5.74, 6) is 3.46. The average Bonchev–Trinajstić information content (AvgIpc) is 4.16. The van der Waals surface area contributed by atoms with Crippen molar-refractivity contribution in [2.45, 2.75) is 105 Å². The molecule has 2 heterocycles. The lowest BCUT2D eigenvalue weighted by atomic mass is 9.63. The van der Waals surface area contributed by atoms with E-state index in [9.17, 15) is 0 Å². The van der Waals surface area contributed by atoms with Gasteiger partial charge in [0.15, 0.2) is 11.5 Å². The highest BCUT2D eigenvalue weighted by atomic mass is 16.6. The molecule has 5 aromatic rings. The molecule has 2 saturated heterocycles. The van der Waals surface area contributed by atoms with Crippen LogP contribution >= 0.6 is 0 Å². The Bertz CT molecular complexity index is 2360. The van der Waals surface area contributed by atoms with E-state index in [1.54, 1.807) is 0 Å². The van der Waals surface area contributed by atoms with Crippen molar-refractivity contribution in [3.63, 3.8) is 0 Å². The van der Waals surface area contributed by atoms with Gasteiger partial charge in [0.2, 0.25) is 0 Å². The fourth-order valence-electron chi connectivity index (χ4n) is 10.9. The number of hydrogen-bond donors (Lipinski definition) is 0. The van der Waals surface area contributed by atoms with Gasteiger partial charge < -0.3 is 28.1 Å². The Morgan fingerprint density at radius 2 is 0.922 bits per heavy atom. The first kappa shape index (κ1) is 44.9. The second-order valence-corrected chi connectivity index (χ2v) is 19.6. The summed E-state index contributed by atoms with van der Waals surface area (Å²) >= 11 is 0. The minimum absolute atomic E-state index is 0.142. The van der Waals surface area contributed by atoms with Crippen LogP contribution in [0.25, 0.3) is 22.3 Å². The summed E-state index contributed by atoms with van der Waals surface area (Å²) < 4.78 is 38.4. The van der Waals surface area contributed by atoms with Gasteiger partial charge in [-0.3, -0.25) is 0 Å². The molecule has 6 nitrogen and oxygen atoms in total. The fraction of sp³-hybridized carbons (Fsp3) is 0.464. The van der Waals surface area contributed by atoms with Crippen molar-refractivity contribution in [3.8, 4) is 33.8 Å². The van der Waals surface area contributed by atoms with Gasteiger partial charge in [0, 0.05) is 5.41 Å². The van der Waals surface area contributed by atoms with Gasteiger partial charge in [0.05, 0.1) is 45.1 Å². The predicted octanol–water partition coefficient (Wildman–Crippen LogP) is 11.5. The van der Waals surface area contributed by atoms with Gasteiger partial charge in [-0.25, -0.2) is 0 Å². The predicted molar refractivity (Wildman–Crippen MR) is 263 cm³/mol. The maximum Gasteiger partial charge on any atom is 0.494 e. The molecule has 0 radical (unpaired) electrons. The van der Waals surface area contributed by atoms with Crippen LogP contribution in [0.4, 0.5) is 0 Å². The minimum atomic E-state index is -0.778. The van der Waals surface area contributed by atoms with E-state index < -0.39 is 19.7 Å². The van der Waals surface area contributed by atoms with Gasteiger partial charge >= 0.3 is 14.2 Å². The molecular weight excluding hydrogens is 790 g/mol. The highest BCUT2D eigenvalue weighted by molar-refractivity contribution is 6.62. The lowest BCUT2D eigenvalue weighted by Gasteiger charge is -2.39. The van der Waals surface area contributed by atoms with E-state index in [0.717, 1.165) is 66.5 Å². The van der Waals surface area contributed by atoms with E-state index in [2.05, 4.69) is 152 Å². The number of rotatable bonds is 18. The number of hydrogen-bond acceptors (Lipinski definition) is 6. The Balaban J connectivity index is 1.36. The number of fused-ring (bicyclic) bond motifs is 6. The molecule has 5 aromatic carbocycles. The first-order valence-electron chi connectivity index (χ1n) is 24.6. The Labute approximate surface area is 384 Å². The maximum absolute atomic E-state index is 6.88. The molecule has 4 atom stereocenters. The molecular formula is C56H68B2O6. The molecule has 0 aromatic heterocycles. The van der Waals surface area contributed by atoms with Gasteiger partial charge in [-0.2, -0.15) is 0 Å². The van der Waals surface area contributed by atoms with Crippen LogP contribution in [0.2, 0.25) is 0 Å². The van der Waals surface area contributed by atoms with Crippen molar-refractivity contribution < 1.29 is 28.1 Å². The van der Waals surface area contributed by atoms with E-state index in [1.165, 1.54) is 50.1 Å². The van der Waals surface area contributed by atoms with Crippen LogP contribution in [0.1, 0.15) is 127 Å². The van der Waals surface area contributed by atoms with E-state index in [1.807, 2.05) is 0 Å². The molecule has 0 N–H and O–H groups in total. The topological polar surface area (TPSA) is 55.4 Å². The molecule has 0 bridgehead atoms. The van der Waals surface area contributed by atoms with Crippen LogP contribution < -0.4 is 20.4 Å². The lowest BCUT2D eigenvalue weighted by molar-refractivity contribution is 0.217. The van der Waals surface area contributed by atoms with Gasteiger partial charge in [-0.15, -0.1) is 0 Å². The molecule has 4 aliphatic rings. The van der Waals surface area contributed by atoms with Crippen LogP contribution in [0, 0.1) is 23.7 Å². The van der Waals surface area contributed by atoms with Crippen LogP contribution in [-0.4, -0.2) is 53.9 Å². The standard InChI is InChI=1S/C56H68B2O6/c1-9-37(5)33-55(34-38(6)10-2)49-16-14-13-15-45(49)46-21-17-41(29-50(46)55)56(42-18-24-53(59-35-39(7)11-3)54(30-42)60-36-40(8)12-4)51-31-43(57-61-25-26-62-57)19-22-47(51)48-23-20-44(32-52(48)56)58-63-27-28-64-58/h13-24,29-32,37-40H,9-12,25-28,33-36H2,1-8H3. The van der Waals surface area contributed by atoms with Crippen LogP contribution in [0.15, 0.2) is 97.1 Å². The molecule has 8 heteroatoms. The van der Waals surface area contributed by atoms with Gasteiger partial charge in [-0.1, -0.05) is 166 Å². The summed E-state index contributed by atoms with van der Waals surface area (Å²) in [6.45, 7) is 22.1. The van der Waals surface area contributed by atoms with Crippen LogP contribution in [-0.2, 0) is 29.4 Å². The maximum atomic E-state index is 6.88. The van der Waals surface area contributed by atoms with Crippen molar-refractivity contribution in [3.05, 3.63) is 130 Å². The third-order valence-electron chi connectivity index (χ3n) is 15.3. The second kappa shape index (κ2) is 18.9. The monoisotopic (exact) mass is 859 g/mol. The quantitative estimate of drug-likeness (QED) is 0.0803. The molecule has 2 fully saturated rings. The van der Waals surface area contributed by atoms with Crippen molar-refractivity contribution in [1.29, 1.82) is 0 Å². The first-order valence-corrected chi connectivity index (χ1v) is 24.6. The summed E-state index contributed by atoms with van der Waals surface area (Å²) in [6, 6.07) is 37.2. The molecule has 2 aliphatic heterocycles. The molecule has 0 saturated carbocycles. The summed E-state index contributed by atoms with van der Waals surface area (Å²) in [5.41, 5.74) is 13.9. The third-order valence-corrected chi connectivity index (χ3v) is 15.3. The third kappa shape index (κ3) is 7.95. The zero-order valence-corrected chi connectivity index (χ0v) is 39.6. The van der Waals surface area contributed by atoms with Crippen molar-refractivity contribution in [2.75, 3.05) is 39.6 Å². The zero-order valence-electron chi connectivity index (χ0n) is 39.6. The fourth-order valence-corrected chi connectivity index (χ4v) is 10.9.